The van der Waals surface area contributed by atoms with E-state index < -0.39 is 0 Å². The summed E-state index contributed by atoms with van der Waals surface area (Å²) >= 11 is 0. The van der Waals surface area contributed by atoms with Crippen LogP contribution < -0.4 is 9.47 Å². The lowest BCUT2D eigenvalue weighted by atomic mass is 10.1. The normalized spacial score (nSPS) is 14.4. The van der Waals surface area contributed by atoms with Gasteiger partial charge in [-0.15, -0.1) is 0 Å². The third kappa shape index (κ3) is 2.63. The molecule has 1 heterocycles. The van der Waals surface area contributed by atoms with E-state index >= 15 is 0 Å². The zero-order valence-electron chi connectivity index (χ0n) is 11.1. The molecule has 0 amide bonds. The Hall–Kier alpha value is -3.06. The Kier molecular flexibility index (Phi) is 3.40. The van der Waals surface area contributed by atoms with E-state index in [2.05, 4.69) is 0 Å². The van der Waals surface area contributed by atoms with Gasteiger partial charge in [-0.2, -0.15) is 5.26 Å². The maximum absolute atomic E-state index is 12.2. The number of carbonyl (C=O) groups excluding carboxylic acids is 1. The van der Waals surface area contributed by atoms with Crippen LogP contribution in [0.2, 0.25) is 0 Å². The first kappa shape index (κ1) is 12.9. The van der Waals surface area contributed by atoms with E-state index in [1.54, 1.807) is 24.3 Å². The van der Waals surface area contributed by atoms with Gasteiger partial charge in [0.2, 0.25) is 5.78 Å². The van der Waals surface area contributed by atoms with Crippen molar-refractivity contribution in [2.24, 2.45) is 0 Å². The first-order valence-corrected chi connectivity index (χ1v) is 6.41. The van der Waals surface area contributed by atoms with E-state index in [1.807, 2.05) is 36.4 Å². The van der Waals surface area contributed by atoms with Crippen LogP contribution in [0.5, 0.6) is 11.5 Å². The molecule has 0 atom stereocenters. The maximum Gasteiger partial charge on any atom is 0.231 e. The smallest absolute Gasteiger partial charge is 0.231 e. The topological polar surface area (TPSA) is 59.3 Å². The van der Waals surface area contributed by atoms with Gasteiger partial charge in [0.05, 0.1) is 5.56 Å². The minimum Gasteiger partial charge on any atom is -0.479 e. The lowest BCUT2D eigenvalue weighted by molar-refractivity contribution is 0.101. The Bertz CT molecular complexity index is 757. The van der Waals surface area contributed by atoms with E-state index in [9.17, 15) is 4.79 Å². The lowest BCUT2D eigenvalue weighted by Crippen LogP contribution is -1.97. The summed E-state index contributed by atoms with van der Waals surface area (Å²) in [4.78, 5) is 12.2. The van der Waals surface area contributed by atoms with Crippen LogP contribution in [-0.4, -0.2) is 12.4 Å². The van der Waals surface area contributed by atoms with E-state index in [-0.39, 0.29) is 18.1 Å². The number of ketones is 1. The second-order valence-electron chi connectivity index (χ2n) is 4.46. The number of fused-ring (bicyclic) bond motifs is 1. The van der Waals surface area contributed by atoms with Gasteiger partial charge in [-0.3, -0.25) is 4.79 Å². The molecule has 3 rings (SSSR count). The predicted molar refractivity (Wildman–Crippen MR) is 76.9 cm³/mol. The molecule has 2 aromatic rings. The van der Waals surface area contributed by atoms with Gasteiger partial charge < -0.3 is 9.47 Å². The first-order chi connectivity index (χ1) is 10.3. The van der Waals surface area contributed by atoms with Crippen molar-refractivity contribution in [3.8, 4) is 17.6 Å². The highest BCUT2D eigenvalue weighted by atomic mass is 16.5. The number of benzene rings is 2. The van der Waals surface area contributed by atoms with E-state index in [0.717, 1.165) is 5.56 Å². The Morgan fingerprint density at radius 2 is 2.00 bits per heavy atom. The van der Waals surface area contributed by atoms with Crippen LogP contribution in [0.15, 0.2) is 54.3 Å². The summed E-state index contributed by atoms with van der Waals surface area (Å²) in [5.41, 5.74) is 1.40. The molecule has 0 spiro atoms. The molecule has 0 N–H and O–H groups in total. The Balaban J connectivity index is 1.88. The number of carbonyl (C=O) groups is 1. The van der Waals surface area contributed by atoms with Crippen molar-refractivity contribution in [1.82, 2.24) is 0 Å². The molecular formula is C17H11NO3. The molecule has 102 valence electrons. The Morgan fingerprint density at radius 3 is 2.76 bits per heavy atom. The van der Waals surface area contributed by atoms with Crippen LogP contribution in [0.25, 0.3) is 6.08 Å². The van der Waals surface area contributed by atoms with Crippen LogP contribution in [0.4, 0.5) is 0 Å². The van der Waals surface area contributed by atoms with Crippen molar-refractivity contribution < 1.29 is 14.3 Å². The molecule has 4 heteroatoms. The molecule has 0 aromatic heterocycles. The third-order valence-electron chi connectivity index (χ3n) is 3.04. The molecular weight excluding hydrogens is 266 g/mol. The second-order valence-corrected chi connectivity index (χ2v) is 4.46. The highest BCUT2D eigenvalue weighted by Gasteiger charge is 2.27. The largest absolute Gasteiger partial charge is 0.479 e. The summed E-state index contributed by atoms with van der Waals surface area (Å²) in [6, 6.07) is 16.3. The van der Waals surface area contributed by atoms with E-state index in [4.69, 9.17) is 14.7 Å². The maximum atomic E-state index is 12.2. The van der Waals surface area contributed by atoms with Gasteiger partial charge in [-0.05, 0) is 23.8 Å². The Labute approximate surface area is 121 Å². The van der Waals surface area contributed by atoms with Crippen molar-refractivity contribution in [3.05, 3.63) is 65.4 Å². The second kappa shape index (κ2) is 5.51. The summed E-state index contributed by atoms with van der Waals surface area (Å²) in [5, 5.41) is 8.50. The molecule has 0 bridgehead atoms. The van der Waals surface area contributed by atoms with Crippen LogP contribution in [0.3, 0.4) is 0 Å². The molecule has 0 aliphatic carbocycles. The summed E-state index contributed by atoms with van der Waals surface area (Å²) in [6.45, 7) is -0.0422. The number of rotatable bonds is 3. The van der Waals surface area contributed by atoms with Gasteiger partial charge >= 0.3 is 0 Å². The molecule has 0 fully saturated rings. The first-order valence-electron chi connectivity index (χ1n) is 6.41. The van der Waals surface area contributed by atoms with Crippen LogP contribution in [-0.2, 0) is 0 Å². The molecule has 0 radical (unpaired) electrons. The zero-order valence-corrected chi connectivity index (χ0v) is 11.1. The van der Waals surface area contributed by atoms with Gasteiger partial charge in [-0.25, -0.2) is 0 Å². The van der Waals surface area contributed by atoms with Crippen LogP contribution in [0, 0.1) is 11.3 Å². The third-order valence-corrected chi connectivity index (χ3v) is 3.04. The van der Waals surface area contributed by atoms with E-state index in [0.29, 0.717) is 17.1 Å². The fourth-order valence-corrected chi connectivity index (χ4v) is 2.07. The average Bonchev–Trinajstić information content (AvgIpc) is 2.82. The fraction of sp³-hybridized carbons (Fsp3) is 0.0588. The molecule has 21 heavy (non-hydrogen) atoms. The van der Waals surface area contributed by atoms with Crippen molar-refractivity contribution in [2.75, 3.05) is 6.61 Å². The van der Waals surface area contributed by atoms with Gasteiger partial charge in [0.15, 0.2) is 12.4 Å². The molecule has 0 saturated carbocycles. The SMILES string of the molecule is N#CCOc1ccc2c(c1)OC(=Cc1ccccc1)C2=O. The van der Waals surface area contributed by atoms with Crippen molar-refractivity contribution >= 4 is 11.9 Å². The minimum absolute atomic E-state index is 0.0422. The molecule has 1 aliphatic heterocycles. The summed E-state index contributed by atoms with van der Waals surface area (Å²) < 4.78 is 10.8. The quantitative estimate of drug-likeness (QED) is 0.808. The number of allylic oxidation sites excluding steroid dienone is 1. The van der Waals surface area contributed by atoms with Gasteiger partial charge in [0.25, 0.3) is 0 Å². The van der Waals surface area contributed by atoms with Gasteiger partial charge in [0, 0.05) is 6.07 Å². The number of nitriles is 1. The zero-order chi connectivity index (χ0) is 14.7. The lowest BCUT2D eigenvalue weighted by Gasteiger charge is -2.03. The van der Waals surface area contributed by atoms with Crippen LogP contribution >= 0.6 is 0 Å². The number of Topliss-reactive ketones (excluding diaryl/α,β-unsaturated/α-hetero) is 1. The highest BCUT2D eigenvalue weighted by Crippen LogP contribution is 2.34. The number of nitrogens with zero attached hydrogens (tertiary/aromatic N) is 1. The van der Waals surface area contributed by atoms with Crippen molar-refractivity contribution in [1.29, 1.82) is 5.26 Å². The number of hydrogen-bond acceptors (Lipinski definition) is 4. The standard InChI is InChI=1S/C17H11NO3/c18-8-9-20-13-6-7-14-15(11-13)21-16(17(14)19)10-12-4-2-1-3-5-12/h1-7,10-11H,9H2. The monoisotopic (exact) mass is 277 g/mol. The summed E-state index contributed by atoms with van der Waals surface area (Å²) in [6.07, 6.45) is 1.71. The molecule has 0 saturated heterocycles. The van der Waals surface area contributed by atoms with Gasteiger partial charge in [-0.1, -0.05) is 30.3 Å². The summed E-state index contributed by atoms with van der Waals surface area (Å²) in [5.74, 6) is 1.09. The number of hydrogen-bond donors (Lipinski definition) is 0. The number of ether oxygens (including phenoxy) is 2. The van der Waals surface area contributed by atoms with Crippen LogP contribution in [0.1, 0.15) is 15.9 Å². The van der Waals surface area contributed by atoms with Crippen molar-refractivity contribution in [3.63, 3.8) is 0 Å². The molecule has 0 unspecified atom stereocenters. The molecule has 4 nitrogen and oxygen atoms in total. The van der Waals surface area contributed by atoms with Crippen molar-refractivity contribution in [2.45, 2.75) is 0 Å². The fourth-order valence-electron chi connectivity index (χ4n) is 2.07. The highest BCUT2D eigenvalue weighted by molar-refractivity contribution is 6.14. The Morgan fingerprint density at radius 1 is 1.19 bits per heavy atom. The van der Waals surface area contributed by atoms with Gasteiger partial charge in [0.1, 0.15) is 17.6 Å². The van der Waals surface area contributed by atoms with E-state index in [1.165, 1.54) is 0 Å². The molecule has 1 aliphatic rings. The molecule has 2 aromatic carbocycles. The predicted octanol–water partition coefficient (Wildman–Crippen LogP) is 3.21. The summed E-state index contributed by atoms with van der Waals surface area (Å²) in [7, 11) is 0. The average molecular weight is 277 g/mol. The minimum atomic E-state index is -0.152.